The highest BCUT2D eigenvalue weighted by Crippen LogP contribution is 2.19. The maximum absolute atomic E-state index is 5.96. The average molecular weight is 241 g/mol. The van der Waals surface area contributed by atoms with Crippen LogP contribution in [0, 0.1) is 0 Å². The van der Waals surface area contributed by atoms with Gasteiger partial charge in [0.1, 0.15) is 0 Å². The minimum Gasteiger partial charge on any atom is -0.377 e. The molecule has 17 heavy (non-hydrogen) atoms. The summed E-state index contributed by atoms with van der Waals surface area (Å²) in [5.74, 6) is 0. The van der Waals surface area contributed by atoms with Crippen LogP contribution < -0.4 is 5.73 Å². The van der Waals surface area contributed by atoms with Crippen molar-refractivity contribution in [1.82, 2.24) is 9.80 Å². The summed E-state index contributed by atoms with van der Waals surface area (Å²) >= 11 is 0. The minimum atomic E-state index is 0.373. The van der Waals surface area contributed by atoms with E-state index in [0.717, 1.165) is 19.6 Å². The van der Waals surface area contributed by atoms with Gasteiger partial charge in [0.05, 0.1) is 12.7 Å². The number of hydrogen-bond acceptors (Lipinski definition) is 4. The molecule has 2 aliphatic rings. The molecule has 0 aromatic rings. The Morgan fingerprint density at radius 2 is 1.94 bits per heavy atom. The highest BCUT2D eigenvalue weighted by Gasteiger charge is 2.20. The molecule has 0 radical (unpaired) electrons. The summed E-state index contributed by atoms with van der Waals surface area (Å²) in [6.45, 7) is 6.71. The zero-order chi connectivity index (χ0) is 12.1. The molecule has 1 heterocycles. The van der Waals surface area contributed by atoms with E-state index in [-0.39, 0.29) is 0 Å². The average Bonchev–Trinajstić information content (AvgIpc) is 2.32. The van der Waals surface area contributed by atoms with Gasteiger partial charge in [-0.25, -0.2) is 0 Å². The number of likely N-dealkylation sites (N-methyl/N-ethyl adjacent to an activating group) is 1. The van der Waals surface area contributed by atoms with Crippen LogP contribution in [0.3, 0.4) is 0 Å². The molecule has 0 bridgehead atoms. The Bertz CT molecular complexity index is 217. The Labute approximate surface area is 105 Å². The topological polar surface area (TPSA) is 41.7 Å². The Kier molecular flexibility index (Phi) is 5.22. The van der Waals surface area contributed by atoms with E-state index in [9.17, 15) is 0 Å². The number of nitrogens with zero attached hydrogens (tertiary/aromatic N) is 2. The van der Waals surface area contributed by atoms with Crippen molar-refractivity contribution in [2.24, 2.45) is 5.73 Å². The third kappa shape index (κ3) is 4.54. The number of ether oxygens (including phenoxy) is 1. The summed E-state index contributed by atoms with van der Waals surface area (Å²) < 4.78 is 5.95. The molecule has 1 aliphatic heterocycles. The van der Waals surface area contributed by atoms with Crippen molar-refractivity contribution < 1.29 is 4.74 Å². The van der Waals surface area contributed by atoms with Crippen molar-refractivity contribution in [1.29, 1.82) is 0 Å². The predicted molar refractivity (Wildman–Crippen MR) is 70.1 cm³/mol. The summed E-state index contributed by atoms with van der Waals surface area (Å²) in [4.78, 5) is 4.89. The van der Waals surface area contributed by atoms with Gasteiger partial charge in [0.25, 0.3) is 0 Å². The predicted octanol–water partition coefficient (Wildman–Crippen LogP) is 0.520. The van der Waals surface area contributed by atoms with E-state index >= 15 is 0 Å². The van der Waals surface area contributed by atoms with Crippen molar-refractivity contribution in [2.75, 3.05) is 46.4 Å². The molecule has 0 amide bonds. The quantitative estimate of drug-likeness (QED) is 0.779. The van der Waals surface area contributed by atoms with Crippen molar-refractivity contribution in [3.8, 4) is 0 Å². The van der Waals surface area contributed by atoms with Gasteiger partial charge in [-0.3, -0.25) is 4.90 Å². The lowest BCUT2D eigenvalue weighted by Gasteiger charge is -2.33. The molecule has 4 heteroatoms. The third-order valence-electron chi connectivity index (χ3n) is 4.02. The van der Waals surface area contributed by atoms with E-state index in [2.05, 4.69) is 16.8 Å². The first kappa shape index (κ1) is 13.3. The second-order valence-electron chi connectivity index (χ2n) is 5.56. The van der Waals surface area contributed by atoms with E-state index in [1.54, 1.807) is 0 Å². The molecular formula is C13H27N3O. The molecule has 2 rings (SSSR count). The zero-order valence-corrected chi connectivity index (χ0v) is 11.1. The molecular weight excluding hydrogens is 214 g/mol. The standard InChI is InChI=1S/C13H27N3O/c1-15-5-7-16(8-6-15)9-10-17-13-4-2-3-12(14)11-13/h12-13H,2-11,14H2,1H3. The van der Waals surface area contributed by atoms with Crippen molar-refractivity contribution in [3.05, 3.63) is 0 Å². The molecule has 2 atom stereocenters. The molecule has 0 aromatic heterocycles. The van der Waals surface area contributed by atoms with Crippen molar-refractivity contribution in [2.45, 2.75) is 37.8 Å². The highest BCUT2D eigenvalue weighted by atomic mass is 16.5. The van der Waals surface area contributed by atoms with Gasteiger partial charge in [0.15, 0.2) is 0 Å². The van der Waals surface area contributed by atoms with E-state index < -0.39 is 0 Å². The molecule has 1 aliphatic carbocycles. The van der Waals surface area contributed by atoms with Gasteiger partial charge in [-0.15, -0.1) is 0 Å². The van der Waals surface area contributed by atoms with Gasteiger partial charge in [-0.05, 0) is 32.7 Å². The van der Waals surface area contributed by atoms with Crippen LogP contribution in [0.2, 0.25) is 0 Å². The Balaban J connectivity index is 1.56. The highest BCUT2D eigenvalue weighted by molar-refractivity contribution is 4.76. The Morgan fingerprint density at radius 1 is 1.18 bits per heavy atom. The summed E-state index contributed by atoms with van der Waals surface area (Å²) in [7, 11) is 2.19. The first-order valence-corrected chi connectivity index (χ1v) is 7.02. The van der Waals surface area contributed by atoms with Crippen LogP contribution in [0.5, 0.6) is 0 Å². The third-order valence-corrected chi connectivity index (χ3v) is 4.02. The lowest BCUT2D eigenvalue weighted by molar-refractivity contribution is 0.00682. The summed E-state index contributed by atoms with van der Waals surface area (Å²) in [5.41, 5.74) is 5.96. The van der Waals surface area contributed by atoms with E-state index in [1.807, 2.05) is 0 Å². The summed E-state index contributed by atoms with van der Waals surface area (Å²) in [6.07, 6.45) is 5.10. The summed E-state index contributed by atoms with van der Waals surface area (Å²) in [6, 6.07) is 0.373. The van der Waals surface area contributed by atoms with E-state index in [1.165, 1.54) is 45.4 Å². The Hall–Kier alpha value is -0.160. The van der Waals surface area contributed by atoms with Crippen molar-refractivity contribution >= 4 is 0 Å². The molecule has 1 saturated heterocycles. The fourth-order valence-corrected chi connectivity index (χ4v) is 2.75. The van der Waals surface area contributed by atoms with Crippen LogP contribution in [0.1, 0.15) is 25.7 Å². The molecule has 4 nitrogen and oxygen atoms in total. The van der Waals surface area contributed by atoms with Crippen LogP contribution in [0.15, 0.2) is 0 Å². The molecule has 2 fully saturated rings. The second-order valence-corrected chi connectivity index (χ2v) is 5.56. The SMILES string of the molecule is CN1CCN(CCOC2CCCC(N)C2)CC1. The van der Waals surface area contributed by atoms with Gasteiger partial charge in [-0.1, -0.05) is 0 Å². The van der Waals surface area contributed by atoms with Crippen LogP contribution in [-0.2, 0) is 4.74 Å². The van der Waals surface area contributed by atoms with E-state index in [4.69, 9.17) is 10.5 Å². The van der Waals surface area contributed by atoms with E-state index in [0.29, 0.717) is 12.1 Å². The number of nitrogens with two attached hydrogens (primary N) is 1. The first-order chi connectivity index (χ1) is 8.24. The molecule has 0 spiro atoms. The molecule has 1 saturated carbocycles. The molecule has 2 unspecified atom stereocenters. The smallest absolute Gasteiger partial charge is 0.0597 e. The largest absolute Gasteiger partial charge is 0.377 e. The number of hydrogen-bond donors (Lipinski definition) is 1. The second kappa shape index (κ2) is 6.69. The monoisotopic (exact) mass is 241 g/mol. The molecule has 0 aromatic carbocycles. The lowest BCUT2D eigenvalue weighted by Crippen LogP contribution is -2.45. The van der Waals surface area contributed by atoms with Gasteiger partial charge >= 0.3 is 0 Å². The lowest BCUT2D eigenvalue weighted by atomic mass is 9.94. The fourth-order valence-electron chi connectivity index (χ4n) is 2.75. The molecule has 100 valence electrons. The Morgan fingerprint density at radius 3 is 2.65 bits per heavy atom. The molecule has 2 N–H and O–H groups in total. The van der Waals surface area contributed by atoms with Gasteiger partial charge in [0.2, 0.25) is 0 Å². The van der Waals surface area contributed by atoms with Crippen LogP contribution >= 0.6 is 0 Å². The maximum Gasteiger partial charge on any atom is 0.0597 e. The van der Waals surface area contributed by atoms with Crippen LogP contribution in [0.4, 0.5) is 0 Å². The number of piperazine rings is 1. The van der Waals surface area contributed by atoms with Gasteiger partial charge < -0.3 is 15.4 Å². The zero-order valence-electron chi connectivity index (χ0n) is 11.1. The van der Waals surface area contributed by atoms with Crippen LogP contribution in [-0.4, -0.2) is 68.3 Å². The number of rotatable bonds is 4. The minimum absolute atomic E-state index is 0.373. The van der Waals surface area contributed by atoms with Gasteiger partial charge in [-0.2, -0.15) is 0 Å². The van der Waals surface area contributed by atoms with Crippen molar-refractivity contribution in [3.63, 3.8) is 0 Å². The van der Waals surface area contributed by atoms with Crippen LogP contribution in [0.25, 0.3) is 0 Å². The normalized spacial score (nSPS) is 32.8. The summed E-state index contributed by atoms with van der Waals surface area (Å²) in [5, 5.41) is 0. The fraction of sp³-hybridized carbons (Fsp3) is 1.00. The maximum atomic E-state index is 5.96. The first-order valence-electron chi connectivity index (χ1n) is 7.02. The van der Waals surface area contributed by atoms with Gasteiger partial charge in [0, 0.05) is 38.8 Å².